The highest BCUT2D eigenvalue weighted by molar-refractivity contribution is 6.21. The zero-order valence-electron chi connectivity index (χ0n) is 10.7. The molecule has 0 fully saturated rings. The van der Waals surface area contributed by atoms with Gasteiger partial charge in [0, 0.05) is 11.6 Å². The molecule has 2 aromatic carbocycles. The predicted octanol–water partition coefficient (Wildman–Crippen LogP) is 4.64. The Kier molecular flexibility index (Phi) is 4.55. The van der Waals surface area contributed by atoms with E-state index in [1.807, 2.05) is 0 Å². The molecule has 0 aliphatic heterocycles. The van der Waals surface area contributed by atoms with E-state index in [9.17, 15) is 13.2 Å². The lowest BCUT2D eigenvalue weighted by atomic mass is 10.0. The number of ether oxygens (including phenoxy) is 1. The van der Waals surface area contributed by atoms with Crippen LogP contribution in [0.25, 0.3) is 0 Å². The van der Waals surface area contributed by atoms with Crippen molar-refractivity contribution in [2.45, 2.75) is 11.8 Å². The molecule has 0 amide bonds. The molecule has 0 N–H and O–H groups in total. The third-order valence-corrected chi connectivity index (χ3v) is 3.33. The normalized spacial score (nSPS) is 12.2. The second-order valence-corrected chi connectivity index (χ2v) is 4.82. The van der Waals surface area contributed by atoms with Crippen molar-refractivity contribution < 1.29 is 17.9 Å². The Balaban J connectivity index is 2.27. The SMILES string of the molecule is COc1ccc(F)cc1C(Cl)Cc1ccc(F)cc1F. The third kappa shape index (κ3) is 3.25. The lowest BCUT2D eigenvalue weighted by Gasteiger charge is -2.14. The van der Waals surface area contributed by atoms with Crippen LogP contribution in [-0.4, -0.2) is 7.11 Å². The summed E-state index contributed by atoms with van der Waals surface area (Å²) in [6.07, 6.45) is 0.105. The van der Waals surface area contributed by atoms with Crippen molar-refractivity contribution in [2.75, 3.05) is 7.11 Å². The molecule has 0 aliphatic rings. The molecule has 5 heteroatoms. The van der Waals surface area contributed by atoms with E-state index in [0.717, 1.165) is 12.1 Å². The molecule has 0 radical (unpaired) electrons. The van der Waals surface area contributed by atoms with Gasteiger partial charge < -0.3 is 4.74 Å². The number of methoxy groups -OCH3 is 1. The van der Waals surface area contributed by atoms with Crippen LogP contribution < -0.4 is 4.74 Å². The van der Waals surface area contributed by atoms with Crippen molar-refractivity contribution in [1.29, 1.82) is 0 Å². The molecular formula is C15H12ClF3O. The molecule has 1 unspecified atom stereocenters. The molecule has 0 aromatic heterocycles. The van der Waals surface area contributed by atoms with Crippen LogP contribution in [0, 0.1) is 17.5 Å². The minimum absolute atomic E-state index is 0.105. The fourth-order valence-electron chi connectivity index (χ4n) is 1.94. The molecule has 0 saturated carbocycles. The van der Waals surface area contributed by atoms with E-state index >= 15 is 0 Å². The van der Waals surface area contributed by atoms with Gasteiger partial charge in [0.05, 0.1) is 12.5 Å². The van der Waals surface area contributed by atoms with Gasteiger partial charge in [0.1, 0.15) is 23.2 Å². The fraction of sp³-hybridized carbons (Fsp3) is 0.200. The van der Waals surface area contributed by atoms with Gasteiger partial charge in [-0.25, -0.2) is 13.2 Å². The summed E-state index contributed by atoms with van der Waals surface area (Å²) in [4.78, 5) is 0. The summed E-state index contributed by atoms with van der Waals surface area (Å²) < 4.78 is 44.8. The molecule has 0 aliphatic carbocycles. The van der Waals surface area contributed by atoms with E-state index in [2.05, 4.69) is 0 Å². The Hall–Kier alpha value is -1.68. The van der Waals surface area contributed by atoms with Gasteiger partial charge in [-0.15, -0.1) is 11.6 Å². The standard InChI is InChI=1S/C15H12ClF3O/c1-20-15-5-4-10(17)7-12(15)13(16)6-9-2-3-11(18)8-14(9)19/h2-5,7-8,13H,6H2,1H3. The third-order valence-electron chi connectivity index (χ3n) is 2.94. The van der Waals surface area contributed by atoms with Gasteiger partial charge in [-0.1, -0.05) is 6.07 Å². The Labute approximate surface area is 119 Å². The van der Waals surface area contributed by atoms with E-state index in [0.29, 0.717) is 11.3 Å². The van der Waals surface area contributed by atoms with Crippen molar-refractivity contribution in [3.63, 3.8) is 0 Å². The van der Waals surface area contributed by atoms with Crippen LogP contribution in [-0.2, 0) is 6.42 Å². The van der Waals surface area contributed by atoms with Crippen molar-refractivity contribution in [1.82, 2.24) is 0 Å². The Morgan fingerprint density at radius 1 is 1.05 bits per heavy atom. The van der Waals surface area contributed by atoms with Gasteiger partial charge in [-0.05, 0) is 36.2 Å². The van der Waals surface area contributed by atoms with Gasteiger partial charge in [0.25, 0.3) is 0 Å². The second kappa shape index (κ2) is 6.18. The van der Waals surface area contributed by atoms with Gasteiger partial charge in [-0.3, -0.25) is 0 Å². The van der Waals surface area contributed by atoms with Crippen LogP contribution in [0.2, 0.25) is 0 Å². The second-order valence-electron chi connectivity index (χ2n) is 4.29. The zero-order valence-corrected chi connectivity index (χ0v) is 11.4. The summed E-state index contributed by atoms with van der Waals surface area (Å²) in [5.74, 6) is -1.35. The maximum atomic E-state index is 13.6. The fourth-order valence-corrected chi connectivity index (χ4v) is 2.28. The lowest BCUT2D eigenvalue weighted by Crippen LogP contribution is -2.02. The average molecular weight is 301 g/mol. The summed E-state index contributed by atoms with van der Waals surface area (Å²) >= 11 is 6.20. The molecule has 1 atom stereocenters. The maximum absolute atomic E-state index is 13.6. The predicted molar refractivity (Wildman–Crippen MR) is 71.6 cm³/mol. The average Bonchev–Trinajstić information content (AvgIpc) is 2.41. The monoisotopic (exact) mass is 300 g/mol. The minimum atomic E-state index is -0.680. The maximum Gasteiger partial charge on any atom is 0.129 e. The van der Waals surface area contributed by atoms with E-state index in [-0.39, 0.29) is 12.0 Å². The number of hydrogen-bond donors (Lipinski definition) is 0. The highest BCUT2D eigenvalue weighted by Gasteiger charge is 2.17. The zero-order chi connectivity index (χ0) is 14.7. The molecular weight excluding hydrogens is 289 g/mol. The molecule has 0 heterocycles. The van der Waals surface area contributed by atoms with Crippen LogP contribution >= 0.6 is 11.6 Å². The molecule has 0 bridgehead atoms. The molecule has 0 spiro atoms. The first kappa shape index (κ1) is 14.7. The first-order valence-corrected chi connectivity index (χ1v) is 6.36. The quantitative estimate of drug-likeness (QED) is 0.748. The van der Waals surface area contributed by atoms with Crippen molar-refractivity contribution in [2.24, 2.45) is 0 Å². The van der Waals surface area contributed by atoms with Crippen LogP contribution in [0.1, 0.15) is 16.5 Å². The van der Waals surface area contributed by atoms with E-state index in [1.54, 1.807) is 0 Å². The van der Waals surface area contributed by atoms with Crippen molar-refractivity contribution >= 4 is 11.6 Å². The Bertz CT molecular complexity index is 616. The number of halogens is 4. The molecule has 1 nitrogen and oxygen atoms in total. The highest BCUT2D eigenvalue weighted by Crippen LogP contribution is 2.33. The Morgan fingerprint density at radius 2 is 1.70 bits per heavy atom. The largest absolute Gasteiger partial charge is 0.496 e. The molecule has 2 aromatic rings. The molecule has 0 saturated heterocycles. The van der Waals surface area contributed by atoms with Gasteiger partial charge in [-0.2, -0.15) is 0 Å². The summed E-state index contributed by atoms with van der Waals surface area (Å²) in [7, 11) is 1.44. The summed E-state index contributed by atoms with van der Waals surface area (Å²) in [6.45, 7) is 0. The highest BCUT2D eigenvalue weighted by atomic mass is 35.5. The van der Waals surface area contributed by atoms with E-state index in [1.165, 1.54) is 31.4 Å². The molecule has 20 heavy (non-hydrogen) atoms. The number of benzene rings is 2. The summed E-state index contributed by atoms with van der Waals surface area (Å²) in [6, 6.07) is 7.24. The van der Waals surface area contributed by atoms with Crippen LogP contribution in [0.5, 0.6) is 5.75 Å². The number of alkyl halides is 1. The smallest absolute Gasteiger partial charge is 0.129 e. The number of hydrogen-bond acceptors (Lipinski definition) is 1. The van der Waals surface area contributed by atoms with Gasteiger partial charge >= 0.3 is 0 Å². The molecule has 2 rings (SSSR count). The summed E-state index contributed by atoms with van der Waals surface area (Å²) in [5.41, 5.74) is 0.690. The number of rotatable bonds is 4. The first-order valence-electron chi connectivity index (χ1n) is 5.92. The van der Waals surface area contributed by atoms with Crippen LogP contribution in [0.4, 0.5) is 13.2 Å². The topological polar surface area (TPSA) is 9.23 Å². The summed E-state index contributed by atoms with van der Waals surface area (Å²) in [5, 5.41) is -0.680. The van der Waals surface area contributed by atoms with Crippen molar-refractivity contribution in [3.05, 3.63) is 65.0 Å². The van der Waals surface area contributed by atoms with Crippen molar-refractivity contribution in [3.8, 4) is 5.75 Å². The first-order chi connectivity index (χ1) is 9.51. The Morgan fingerprint density at radius 3 is 2.35 bits per heavy atom. The molecule has 106 valence electrons. The van der Waals surface area contributed by atoms with E-state index in [4.69, 9.17) is 16.3 Å². The van der Waals surface area contributed by atoms with E-state index < -0.39 is 22.8 Å². The van der Waals surface area contributed by atoms with Crippen LogP contribution in [0.3, 0.4) is 0 Å². The van der Waals surface area contributed by atoms with Gasteiger partial charge in [0.15, 0.2) is 0 Å². The minimum Gasteiger partial charge on any atom is -0.496 e. The lowest BCUT2D eigenvalue weighted by molar-refractivity contribution is 0.407. The van der Waals surface area contributed by atoms with Crippen LogP contribution in [0.15, 0.2) is 36.4 Å². The van der Waals surface area contributed by atoms with Gasteiger partial charge in [0.2, 0.25) is 0 Å².